The van der Waals surface area contributed by atoms with E-state index in [2.05, 4.69) is 0 Å². The number of carboxylic acids is 1. The number of hydrogen-bond acceptors (Lipinski definition) is 7. The molecule has 0 aromatic heterocycles. The second-order valence-electron chi connectivity index (χ2n) is 13.7. The Labute approximate surface area is 224 Å². The van der Waals surface area contributed by atoms with Gasteiger partial charge in [0.1, 0.15) is 11.9 Å². The molecule has 5 N–H and O–H groups in total. The first-order valence-electron chi connectivity index (χ1n) is 13.8. The van der Waals surface area contributed by atoms with Gasteiger partial charge >= 0.3 is 5.97 Å². The van der Waals surface area contributed by atoms with E-state index in [-0.39, 0.29) is 36.0 Å². The van der Waals surface area contributed by atoms with Crippen molar-refractivity contribution in [3.05, 3.63) is 22.8 Å². The van der Waals surface area contributed by atoms with Crippen molar-refractivity contribution in [2.45, 2.75) is 105 Å². The van der Waals surface area contributed by atoms with Crippen LogP contribution in [0.3, 0.4) is 0 Å². The molecule has 4 aliphatic rings. The van der Waals surface area contributed by atoms with E-state index in [4.69, 9.17) is 5.11 Å². The lowest BCUT2D eigenvalue weighted by atomic mass is 9.42. The summed E-state index contributed by atoms with van der Waals surface area (Å²) in [5.41, 5.74) is -2.93. The highest BCUT2D eigenvalue weighted by molar-refractivity contribution is 6.07. The summed E-state index contributed by atoms with van der Waals surface area (Å²) in [6.45, 7) is 12.7. The number of carboxylic acid groups (broad SMARTS) is 1. The molecule has 4 rings (SSSR count). The fraction of sp³-hybridized carbons (Fsp3) is 0.767. The zero-order valence-electron chi connectivity index (χ0n) is 23.6. The number of aliphatic hydroxyl groups excluding tert-OH is 4. The number of fused-ring (bicyclic) bond motifs is 4. The third-order valence-electron chi connectivity index (χ3n) is 11.6. The lowest BCUT2D eigenvalue weighted by molar-refractivity contribution is -0.159. The molecule has 4 aliphatic carbocycles. The lowest BCUT2D eigenvalue weighted by Crippen LogP contribution is -2.64. The van der Waals surface area contributed by atoms with Crippen molar-refractivity contribution < 1.29 is 39.9 Å². The average Bonchev–Trinajstić information content (AvgIpc) is 3.03. The number of Topliss-reactive ketones (excluding diaryl/α,β-unsaturated/α-hetero) is 2. The van der Waals surface area contributed by atoms with Crippen molar-refractivity contribution in [1.82, 2.24) is 0 Å². The average molecular weight is 533 g/mol. The van der Waals surface area contributed by atoms with Gasteiger partial charge in [-0.15, -0.1) is 0 Å². The number of rotatable bonds is 5. The Morgan fingerprint density at radius 2 is 1.71 bits per heavy atom. The third-order valence-corrected chi connectivity index (χ3v) is 11.6. The van der Waals surface area contributed by atoms with Gasteiger partial charge in [0.15, 0.2) is 5.78 Å². The molecule has 2 fully saturated rings. The van der Waals surface area contributed by atoms with Crippen LogP contribution in [-0.4, -0.2) is 67.5 Å². The molecule has 212 valence electrons. The Morgan fingerprint density at radius 3 is 2.29 bits per heavy atom. The van der Waals surface area contributed by atoms with Gasteiger partial charge in [-0.1, -0.05) is 34.6 Å². The molecule has 0 bridgehead atoms. The van der Waals surface area contributed by atoms with E-state index in [1.54, 1.807) is 13.8 Å². The van der Waals surface area contributed by atoms with E-state index < -0.39 is 63.7 Å². The highest BCUT2D eigenvalue weighted by Crippen LogP contribution is 2.70. The first kappa shape index (κ1) is 29.1. The predicted octanol–water partition coefficient (Wildman–Crippen LogP) is 2.81. The van der Waals surface area contributed by atoms with Gasteiger partial charge in [0, 0.05) is 23.0 Å². The van der Waals surface area contributed by atoms with Gasteiger partial charge in [-0.05, 0) is 79.8 Å². The molecule has 0 radical (unpaired) electrons. The molecule has 38 heavy (non-hydrogen) atoms. The Morgan fingerprint density at radius 1 is 1.11 bits per heavy atom. The van der Waals surface area contributed by atoms with Crippen LogP contribution in [-0.2, 0) is 14.4 Å². The van der Waals surface area contributed by atoms with E-state index >= 15 is 0 Å². The van der Waals surface area contributed by atoms with E-state index in [1.807, 2.05) is 27.7 Å². The van der Waals surface area contributed by atoms with Crippen LogP contribution in [0.2, 0.25) is 0 Å². The minimum Gasteiger partial charge on any atom is -0.478 e. The van der Waals surface area contributed by atoms with Gasteiger partial charge in [0.05, 0.1) is 23.7 Å². The number of aliphatic hydroxyl groups is 4. The van der Waals surface area contributed by atoms with Gasteiger partial charge in [-0.3, -0.25) is 9.59 Å². The SMILES string of the molecule is C/C(=C\C(O)C[C@@H](C)C1CC(=O)[C@@]2(C)C3=C(C(=O)[C@@H](O)C12C)C1(C)CC[C@H](O)C(C)(C)C1C[C@@H]3O)C(=O)O. The summed E-state index contributed by atoms with van der Waals surface area (Å²) < 4.78 is 0. The standard InChI is InChI=1S/C30H44O8/c1-14(10-16(31)11-15(2)26(37)38)17-12-21(34)30(7)22-18(32)13-19-27(3,4)20(33)8-9-28(19,5)23(22)24(35)25(36)29(17,30)6/h11,14,16-20,25,31-33,36H,8-10,12-13H2,1-7H3,(H,37,38)/b15-11+/t14-,16?,17?,18+,19?,20+,25-,28?,29?,30+/m1/s1. The smallest absolute Gasteiger partial charge is 0.331 e. The summed E-state index contributed by atoms with van der Waals surface area (Å²) in [4.78, 5) is 39.3. The minimum atomic E-state index is -1.48. The quantitative estimate of drug-likeness (QED) is 0.339. The fourth-order valence-electron chi connectivity index (χ4n) is 9.09. The molecule has 0 aromatic rings. The van der Waals surface area contributed by atoms with Crippen LogP contribution >= 0.6 is 0 Å². The molecule has 8 heteroatoms. The zero-order chi connectivity index (χ0) is 28.7. The summed E-state index contributed by atoms with van der Waals surface area (Å²) in [6, 6.07) is 0. The van der Waals surface area contributed by atoms with Gasteiger partial charge in [-0.25, -0.2) is 4.79 Å². The van der Waals surface area contributed by atoms with Crippen LogP contribution in [0.4, 0.5) is 0 Å². The molecular formula is C30H44O8. The molecule has 0 spiro atoms. The molecule has 0 saturated heterocycles. The van der Waals surface area contributed by atoms with Crippen molar-refractivity contribution in [2.24, 2.45) is 39.4 Å². The summed E-state index contributed by atoms with van der Waals surface area (Å²) in [7, 11) is 0. The summed E-state index contributed by atoms with van der Waals surface area (Å²) in [5, 5.41) is 53.9. The van der Waals surface area contributed by atoms with Gasteiger partial charge in [0.25, 0.3) is 0 Å². The Kier molecular flexibility index (Phi) is 6.96. The van der Waals surface area contributed by atoms with Gasteiger partial charge < -0.3 is 25.5 Å². The summed E-state index contributed by atoms with van der Waals surface area (Å²) in [6.07, 6.45) is -1.33. The topological polar surface area (TPSA) is 152 Å². The van der Waals surface area contributed by atoms with E-state index in [9.17, 15) is 34.8 Å². The second-order valence-corrected chi connectivity index (χ2v) is 13.7. The van der Waals surface area contributed by atoms with Crippen LogP contribution in [0.25, 0.3) is 0 Å². The van der Waals surface area contributed by atoms with Gasteiger partial charge in [0.2, 0.25) is 0 Å². The molecule has 0 aliphatic heterocycles. The maximum absolute atomic E-state index is 14.1. The molecule has 8 nitrogen and oxygen atoms in total. The maximum atomic E-state index is 14.1. The molecule has 10 atom stereocenters. The maximum Gasteiger partial charge on any atom is 0.331 e. The molecule has 0 amide bonds. The number of hydrogen-bond donors (Lipinski definition) is 5. The fourth-order valence-corrected chi connectivity index (χ4v) is 9.09. The predicted molar refractivity (Wildman–Crippen MR) is 140 cm³/mol. The summed E-state index contributed by atoms with van der Waals surface area (Å²) >= 11 is 0. The first-order valence-corrected chi connectivity index (χ1v) is 13.8. The van der Waals surface area contributed by atoms with Crippen molar-refractivity contribution in [1.29, 1.82) is 0 Å². The number of carbonyl (C=O) groups is 3. The number of ketones is 2. The largest absolute Gasteiger partial charge is 0.478 e. The Balaban J connectivity index is 1.82. The monoisotopic (exact) mass is 532 g/mol. The molecule has 2 saturated carbocycles. The first-order chi connectivity index (χ1) is 17.4. The normalized spacial score (nSPS) is 44.3. The molecule has 0 heterocycles. The van der Waals surface area contributed by atoms with Crippen molar-refractivity contribution in [3.8, 4) is 0 Å². The highest BCUT2D eigenvalue weighted by Gasteiger charge is 2.73. The summed E-state index contributed by atoms with van der Waals surface area (Å²) in [5.74, 6) is -2.72. The van der Waals surface area contributed by atoms with Gasteiger partial charge in [-0.2, -0.15) is 0 Å². The number of carbonyl (C=O) groups excluding carboxylic acids is 2. The Bertz CT molecular complexity index is 1120. The van der Waals surface area contributed by atoms with E-state index in [1.165, 1.54) is 13.0 Å². The third kappa shape index (κ3) is 3.66. The van der Waals surface area contributed by atoms with E-state index in [0.717, 1.165) is 0 Å². The Hall–Kier alpha value is -1.87. The van der Waals surface area contributed by atoms with Crippen LogP contribution in [0.5, 0.6) is 0 Å². The van der Waals surface area contributed by atoms with Crippen molar-refractivity contribution in [3.63, 3.8) is 0 Å². The minimum absolute atomic E-state index is 0.0135. The molecular weight excluding hydrogens is 488 g/mol. The highest BCUT2D eigenvalue weighted by atomic mass is 16.4. The zero-order valence-corrected chi connectivity index (χ0v) is 23.6. The molecule has 5 unspecified atom stereocenters. The lowest BCUT2D eigenvalue weighted by Gasteiger charge is -2.62. The second kappa shape index (κ2) is 9.08. The van der Waals surface area contributed by atoms with Crippen LogP contribution in [0, 0.1) is 39.4 Å². The van der Waals surface area contributed by atoms with Crippen molar-refractivity contribution >= 4 is 17.5 Å². The van der Waals surface area contributed by atoms with Crippen LogP contribution < -0.4 is 0 Å². The number of aliphatic carboxylic acids is 1. The van der Waals surface area contributed by atoms with Crippen LogP contribution in [0.15, 0.2) is 22.8 Å². The van der Waals surface area contributed by atoms with Crippen LogP contribution in [0.1, 0.15) is 80.6 Å². The van der Waals surface area contributed by atoms with E-state index in [0.29, 0.717) is 30.4 Å². The molecule has 0 aromatic carbocycles. The van der Waals surface area contributed by atoms with Crippen molar-refractivity contribution in [2.75, 3.05) is 0 Å².